The molecule has 5 nitrogen and oxygen atoms in total. The summed E-state index contributed by atoms with van der Waals surface area (Å²) in [6.07, 6.45) is 1.77. The molecule has 0 saturated carbocycles. The molecule has 0 amide bonds. The topological polar surface area (TPSA) is 71.5 Å². The van der Waals surface area contributed by atoms with Crippen LogP contribution in [0, 0.1) is 0 Å². The second-order valence-electron chi connectivity index (χ2n) is 5.77. The first-order valence-electron chi connectivity index (χ1n) is 7.47. The van der Waals surface area contributed by atoms with Crippen molar-refractivity contribution in [1.29, 1.82) is 0 Å². The third-order valence-corrected chi connectivity index (χ3v) is 7.01. The van der Waals surface area contributed by atoms with E-state index in [1.54, 1.807) is 18.2 Å². The van der Waals surface area contributed by atoms with Crippen molar-refractivity contribution in [1.82, 2.24) is 0 Å². The number of anilines is 1. The Bertz CT molecular complexity index is 1110. The molecule has 0 saturated heterocycles. The maximum absolute atomic E-state index is 12.1. The van der Waals surface area contributed by atoms with Crippen LogP contribution >= 0.6 is 0 Å². The van der Waals surface area contributed by atoms with E-state index in [1.807, 2.05) is 42.5 Å². The van der Waals surface area contributed by atoms with Gasteiger partial charge in [-0.3, -0.25) is 0 Å². The monoisotopic (exact) mass is 375 g/mol. The van der Waals surface area contributed by atoms with E-state index in [-0.39, 0.29) is 5.69 Å². The number of sulfonamides is 2. The molecule has 3 aromatic rings. The highest BCUT2D eigenvalue weighted by Gasteiger charge is 2.29. The van der Waals surface area contributed by atoms with E-state index in [1.165, 1.54) is 6.07 Å². The van der Waals surface area contributed by atoms with Crippen molar-refractivity contribution in [2.75, 3.05) is 16.2 Å². The summed E-state index contributed by atoms with van der Waals surface area (Å²) >= 11 is 0. The summed E-state index contributed by atoms with van der Waals surface area (Å²) in [6, 6.07) is 20.1. The highest BCUT2D eigenvalue weighted by Crippen LogP contribution is 2.36. The van der Waals surface area contributed by atoms with Gasteiger partial charge in [-0.2, -0.15) is 3.71 Å². The molecule has 3 aromatic carbocycles. The number of hydrogen-bond donors (Lipinski definition) is 0. The zero-order chi connectivity index (χ0) is 18.2. The lowest BCUT2D eigenvalue weighted by atomic mass is 9.97. The van der Waals surface area contributed by atoms with Crippen LogP contribution in [0.4, 0.5) is 5.69 Å². The smallest absolute Gasteiger partial charge is 0.206 e. The Morgan fingerprint density at radius 1 is 0.640 bits per heavy atom. The van der Waals surface area contributed by atoms with Crippen LogP contribution in [0.25, 0.3) is 21.9 Å². The fourth-order valence-electron chi connectivity index (χ4n) is 2.92. The van der Waals surface area contributed by atoms with E-state index < -0.39 is 20.0 Å². The first kappa shape index (κ1) is 17.4. The molecule has 7 heteroatoms. The van der Waals surface area contributed by atoms with Gasteiger partial charge in [0.1, 0.15) is 0 Å². The van der Waals surface area contributed by atoms with Crippen molar-refractivity contribution in [2.24, 2.45) is 0 Å². The second kappa shape index (κ2) is 6.16. The van der Waals surface area contributed by atoms with Crippen molar-refractivity contribution in [2.45, 2.75) is 0 Å². The van der Waals surface area contributed by atoms with Gasteiger partial charge in [0.15, 0.2) is 0 Å². The average molecular weight is 375 g/mol. The Labute approximate surface area is 147 Å². The van der Waals surface area contributed by atoms with Gasteiger partial charge in [-0.05, 0) is 22.6 Å². The predicted molar refractivity (Wildman–Crippen MR) is 102 cm³/mol. The normalized spacial score (nSPS) is 12.2. The van der Waals surface area contributed by atoms with E-state index in [0.717, 1.165) is 29.0 Å². The lowest BCUT2D eigenvalue weighted by Gasteiger charge is -2.22. The lowest BCUT2D eigenvalue weighted by molar-refractivity contribution is 0.591. The summed E-state index contributed by atoms with van der Waals surface area (Å²) in [5.74, 6) is 0. The van der Waals surface area contributed by atoms with Crippen molar-refractivity contribution in [3.05, 3.63) is 66.7 Å². The third kappa shape index (κ3) is 3.38. The van der Waals surface area contributed by atoms with E-state index >= 15 is 0 Å². The van der Waals surface area contributed by atoms with Gasteiger partial charge in [0.05, 0.1) is 18.2 Å². The van der Waals surface area contributed by atoms with Crippen molar-refractivity contribution in [3.8, 4) is 11.1 Å². The molecule has 0 bridgehead atoms. The molecule has 0 spiro atoms. The number of benzene rings is 3. The summed E-state index contributed by atoms with van der Waals surface area (Å²) in [7, 11) is -8.00. The molecule has 0 heterocycles. The summed E-state index contributed by atoms with van der Waals surface area (Å²) < 4.78 is 49.0. The van der Waals surface area contributed by atoms with Gasteiger partial charge in [-0.15, -0.1) is 0 Å². The third-order valence-electron chi connectivity index (χ3n) is 3.78. The van der Waals surface area contributed by atoms with Gasteiger partial charge in [0.2, 0.25) is 20.0 Å². The molecule has 130 valence electrons. The highest BCUT2D eigenvalue weighted by molar-refractivity contribution is 8.09. The van der Waals surface area contributed by atoms with Crippen LogP contribution in [0.3, 0.4) is 0 Å². The zero-order valence-corrected chi connectivity index (χ0v) is 15.4. The van der Waals surface area contributed by atoms with Crippen LogP contribution in [0.1, 0.15) is 0 Å². The first-order chi connectivity index (χ1) is 11.7. The van der Waals surface area contributed by atoms with Crippen LogP contribution in [-0.4, -0.2) is 29.3 Å². The Balaban J connectivity index is 2.37. The molecule has 0 aromatic heterocycles. The van der Waals surface area contributed by atoms with E-state index in [4.69, 9.17) is 0 Å². The van der Waals surface area contributed by atoms with Gasteiger partial charge >= 0.3 is 0 Å². The molecular weight excluding hydrogens is 358 g/mol. The Kier molecular flexibility index (Phi) is 4.30. The molecule has 0 fully saturated rings. The van der Waals surface area contributed by atoms with Crippen LogP contribution in [0.15, 0.2) is 66.7 Å². The minimum Gasteiger partial charge on any atom is -0.206 e. The Morgan fingerprint density at radius 3 is 1.72 bits per heavy atom. The molecular formula is C18H17NO4S2. The molecule has 0 atom stereocenters. The number of nitrogens with zero attached hydrogens (tertiary/aromatic N) is 1. The molecule has 0 unspecified atom stereocenters. The minimum absolute atomic E-state index is 0.125. The molecule has 0 aliphatic carbocycles. The molecule has 0 aliphatic heterocycles. The number of hydrogen-bond acceptors (Lipinski definition) is 4. The van der Waals surface area contributed by atoms with Crippen LogP contribution in [0.2, 0.25) is 0 Å². The van der Waals surface area contributed by atoms with Crippen molar-refractivity contribution < 1.29 is 16.8 Å². The number of rotatable bonds is 4. The fourth-order valence-corrected chi connectivity index (χ4v) is 5.92. The zero-order valence-electron chi connectivity index (χ0n) is 13.7. The van der Waals surface area contributed by atoms with Crippen molar-refractivity contribution in [3.63, 3.8) is 0 Å². The Morgan fingerprint density at radius 2 is 1.16 bits per heavy atom. The fraction of sp³-hybridized carbons (Fsp3) is 0.111. The summed E-state index contributed by atoms with van der Waals surface area (Å²) in [4.78, 5) is 0. The van der Waals surface area contributed by atoms with E-state index in [9.17, 15) is 16.8 Å². The van der Waals surface area contributed by atoms with Gasteiger partial charge in [-0.1, -0.05) is 60.7 Å². The first-order valence-corrected chi connectivity index (χ1v) is 11.2. The van der Waals surface area contributed by atoms with E-state index in [2.05, 4.69) is 0 Å². The molecule has 0 aliphatic rings. The second-order valence-corrected chi connectivity index (χ2v) is 9.66. The van der Waals surface area contributed by atoms with Gasteiger partial charge in [0, 0.05) is 5.39 Å². The van der Waals surface area contributed by atoms with Gasteiger partial charge in [-0.25, -0.2) is 16.8 Å². The lowest BCUT2D eigenvalue weighted by Crippen LogP contribution is -2.35. The molecule has 0 radical (unpaired) electrons. The molecule has 25 heavy (non-hydrogen) atoms. The predicted octanol–water partition coefficient (Wildman–Crippen LogP) is 3.23. The quantitative estimate of drug-likeness (QED) is 0.702. The van der Waals surface area contributed by atoms with Crippen LogP contribution < -0.4 is 3.71 Å². The van der Waals surface area contributed by atoms with Crippen molar-refractivity contribution >= 4 is 36.5 Å². The summed E-state index contributed by atoms with van der Waals surface area (Å²) in [5, 5.41) is 1.34. The maximum Gasteiger partial charge on any atom is 0.245 e. The maximum atomic E-state index is 12.1. The van der Waals surface area contributed by atoms with E-state index in [0.29, 0.717) is 9.10 Å². The SMILES string of the molecule is CS(=O)(=O)N(c1ccc(-c2ccccc2)c2ccccc12)S(C)(=O)=O. The van der Waals surface area contributed by atoms with Crippen LogP contribution in [-0.2, 0) is 20.0 Å². The summed E-state index contributed by atoms with van der Waals surface area (Å²) in [6.45, 7) is 0. The standard InChI is InChI=1S/C18H17NO4S2/c1-24(20,21)19(25(2,22)23)18-13-12-15(14-8-4-3-5-9-14)16-10-6-7-11-17(16)18/h3-13H,1-2H3. The highest BCUT2D eigenvalue weighted by atomic mass is 32.3. The molecule has 3 rings (SSSR count). The minimum atomic E-state index is -4.00. The van der Waals surface area contributed by atoms with Gasteiger partial charge < -0.3 is 0 Å². The average Bonchev–Trinajstić information content (AvgIpc) is 2.53. The summed E-state index contributed by atoms with van der Waals surface area (Å²) in [5.41, 5.74) is 2.00. The van der Waals surface area contributed by atoms with Gasteiger partial charge in [0.25, 0.3) is 0 Å². The number of fused-ring (bicyclic) bond motifs is 1. The largest absolute Gasteiger partial charge is 0.245 e. The molecule has 0 N–H and O–H groups in total. The Hall–Kier alpha value is -2.38. The van der Waals surface area contributed by atoms with Crippen LogP contribution in [0.5, 0.6) is 0 Å².